The Balaban J connectivity index is 2.07. The van der Waals surface area contributed by atoms with E-state index in [0.29, 0.717) is 0 Å². The summed E-state index contributed by atoms with van der Waals surface area (Å²) in [5.74, 6) is 0. The van der Waals surface area contributed by atoms with E-state index in [1.165, 1.54) is 11.1 Å². The summed E-state index contributed by atoms with van der Waals surface area (Å²) in [6.07, 6.45) is 1.01. The second-order valence-corrected chi connectivity index (χ2v) is 6.36. The first kappa shape index (κ1) is 15.8. The average Bonchev–Trinajstić information content (AvgIpc) is 2.41. The molecule has 0 saturated carbocycles. The minimum Gasteiger partial charge on any atom is -0.306 e. The quantitative estimate of drug-likeness (QED) is 0.678. The standard InChI is InChI=1S/C16H16BrCl2N/c1-2-16(11-4-3-5-13(18)8-11)20-10-12-6-7-14(19)9-15(12)17/h3-9,16,20H,2,10H2,1H3. The maximum absolute atomic E-state index is 6.06. The number of nitrogens with one attached hydrogen (secondary N) is 1. The highest BCUT2D eigenvalue weighted by Gasteiger charge is 2.10. The summed E-state index contributed by atoms with van der Waals surface area (Å²) < 4.78 is 1.03. The highest BCUT2D eigenvalue weighted by atomic mass is 79.9. The van der Waals surface area contributed by atoms with Crippen LogP contribution < -0.4 is 5.32 Å². The highest BCUT2D eigenvalue weighted by Crippen LogP contribution is 2.24. The number of rotatable bonds is 5. The SMILES string of the molecule is CCC(NCc1ccc(Cl)cc1Br)c1cccc(Cl)c1. The number of hydrogen-bond acceptors (Lipinski definition) is 1. The van der Waals surface area contributed by atoms with Gasteiger partial charge in [-0.25, -0.2) is 0 Å². The van der Waals surface area contributed by atoms with Gasteiger partial charge in [-0.15, -0.1) is 0 Å². The summed E-state index contributed by atoms with van der Waals surface area (Å²) >= 11 is 15.6. The van der Waals surface area contributed by atoms with Crippen molar-refractivity contribution in [3.8, 4) is 0 Å². The van der Waals surface area contributed by atoms with E-state index in [1.807, 2.05) is 36.4 Å². The normalized spacial score (nSPS) is 12.4. The van der Waals surface area contributed by atoms with Gasteiger partial charge in [-0.1, -0.05) is 64.3 Å². The topological polar surface area (TPSA) is 12.0 Å². The van der Waals surface area contributed by atoms with Crippen LogP contribution in [0.15, 0.2) is 46.9 Å². The van der Waals surface area contributed by atoms with Crippen molar-refractivity contribution < 1.29 is 0 Å². The van der Waals surface area contributed by atoms with Crippen molar-refractivity contribution in [3.05, 3.63) is 68.1 Å². The first-order valence-electron chi connectivity index (χ1n) is 6.53. The van der Waals surface area contributed by atoms with Crippen LogP contribution in [0.2, 0.25) is 10.0 Å². The van der Waals surface area contributed by atoms with E-state index in [1.54, 1.807) is 0 Å². The van der Waals surface area contributed by atoms with Crippen LogP contribution in [0.5, 0.6) is 0 Å². The van der Waals surface area contributed by atoms with Gasteiger partial charge in [0.15, 0.2) is 0 Å². The van der Waals surface area contributed by atoms with Crippen molar-refractivity contribution >= 4 is 39.1 Å². The van der Waals surface area contributed by atoms with Gasteiger partial charge in [0.2, 0.25) is 0 Å². The third-order valence-electron chi connectivity index (χ3n) is 3.21. The molecule has 2 aromatic carbocycles. The maximum Gasteiger partial charge on any atom is 0.0417 e. The molecule has 0 bridgehead atoms. The van der Waals surface area contributed by atoms with E-state index in [9.17, 15) is 0 Å². The van der Waals surface area contributed by atoms with E-state index < -0.39 is 0 Å². The van der Waals surface area contributed by atoms with Crippen LogP contribution in [0.25, 0.3) is 0 Å². The molecule has 1 nitrogen and oxygen atoms in total. The van der Waals surface area contributed by atoms with Gasteiger partial charge < -0.3 is 5.32 Å². The molecule has 0 aromatic heterocycles. The van der Waals surface area contributed by atoms with Gasteiger partial charge in [0.1, 0.15) is 0 Å². The summed E-state index contributed by atoms with van der Waals surface area (Å²) in [4.78, 5) is 0. The average molecular weight is 373 g/mol. The fourth-order valence-electron chi connectivity index (χ4n) is 2.12. The molecular weight excluding hydrogens is 357 g/mol. The summed E-state index contributed by atoms with van der Waals surface area (Å²) in [5, 5.41) is 5.07. The second kappa shape index (κ2) is 7.46. The Morgan fingerprint density at radius 3 is 2.50 bits per heavy atom. The highest BCUT2D eigenvalue weighted by molar-refractivity contribution is 9.10. The molecule has 0 aliphatic heterocycles. The fourth-order valence-corrected chi connectivity index (χ4v) is 3.14. The van der Waals surface area contributed by atoms with Crippen LogP contribution in [0.1, 0.15) is 30.5 Å². The summed E-state index contributed by atoms with van der Waals surface area (Å²) in [5.41, 5.74) is 2.40. The Morgan fingerprint density at radius 1 is 1.10 bits per heavy atom. The van der Waals surface area contributed by atoms with Gasteiger partial charge >= 0.3 is 0 Å². The lowest BCUT2D eigenvalue weighted by Gasteiger charge is -2.18. The molecule has 1 unspecified atom stereocenters. The number of benzene rings is 2. The maximum atomic E-state index is 6.06. The van der Waals surface area contributed by atoms with Crippen LogP contribution in [-0.2, 0) is 6.54 Å². The molecule has 20 heavy (non-hydrogen) atoms. The first-order chi connectivity index (χ1) is 9.60. The molecule has 0 radical (unpaired) electrons. The molecule has 0 fully saturated rings. The van der Waals surface area contributed by atoms with Crippen LogP contribution in [0.3, 0.4) is 0 Å². The molecule has 106 valence electrons. The summed E-state index contributed by atoms with van der Waals surface area (Å²) in [6.45, 7) is 2.94. The molecule has 0 saturated heterocycles. The van der Waals surface area contributed by atoms with Crippen LogP contribution in [0.4, 0.5) is 0 Å². The Morgan fingerprint density at radius 2 is 1.85 bits per heavy atom. The molecule has 1 atom stereocenters. The molecule has 4 heteroatoms. The van der Waals surface area contributed by atoms with Gasteiger partial charge in [0.05, 0.1) is 0 Å². The lowest BCUT2D eigenvalue weighted by molar-refractivity contribution is 0.518. The van der Waals surface area contributed by atoms with Crippen LogP contribution in [-0.4, -0.2) is 0 Å². The van der Waals surface area contributed by atoms with Crippen molar-refractivity contribution in [2.45, 2.75) is 25.9 Å². The molecular formula is C16H16BrCl2N. The van der Waals surface area contributed by atoms with Crippen molar-refractivity contribution in [1.82, 2.24) is 5.32 Å². The van der Waals surface area contributed by atoms with Gasteiger partial charge in [-0.2, -0.15) is 0 Å². The monoisotopic (exact) mass is 371 g/mol. The molecule has 0 spiro atoms. The van der Waals surface area contributed by atoms with Crippen molar-refractivity contribution in [2.24, 2.45) is 0 Å². The number of halogens is 3. The molecule has 0 aliphatic rings. The summed E-state index contributed by atoms with van der Waals surface area (Å²) in [7, 11) is 0. The Labute approximate surface area is 138 Å². The minimum absolute atomic E-state index is 0.288. The molecule has 2 rings (SSSR count). The van der Waals surface area contributed by atoms with E-state index >= 15 is 0 Å². The lowest BCUT2D eigenvalue weighted by atomic mass is 10.0. The fraction of sp³-hybridized carbons (Fsp3) is 0.250. The zero-order chi connectivity index (χ0) is 14.5. The van der Waals surface area contributed by atoms with Gasteiger partial charge in [0, 0.05) is 27.1 Å². The molecule has 1 N–H and O–H groups in total. The van der Waals surface area contributed by atoms with E-state index in [2.05, 4.69) is 34.2 Å². The Kier molecular flexibility index (Phi) is 5.91. The second-order valence-electron chi connectivity index (χ2n) is 4.63. The van der Waals surface area contributed by atoms with E-state index in [-0.39, 0.29) is 6.04 Å². The third kappa shape index (κ3) is 4.23. The third-order valence-corrected chi connectivity index (χ3v) is 4.42. The van der Waals surface area contributed by atoms with E-state index in [4.69, 9.17) is 23.2 Å². The molecule has 0 heterocycles. The summed E-state index contributed by atoms with van der Waals surface area (Å²) in [6, 6.07) is 14.1. The van der Waals surface area contributed by atoms with Crippen LogP contribution >= 0.6 is 39.1 Å². The number of hydrogen-bond donors (Lipinski definition) is 1. The largest absolute Gasteiger partial charge is 0.306 e. The van der Waals surface area contributed by atoms with Crippen LogP contribution in [0, 0.1) is 0 Å². The predicted octanol–water partition coefficient (Wildman–Crippen LogP) is 6.00. The predicted molar refractivity (Wildman–Crippen MR) is 90.5 cm³/mol. The zero-order valence-electron chi connectivity index (χ0n) is 11.2. The van der Waals surface area contributed by atoms with Crippen molar-refractivity contribution in [1.29, 1.82) is 0 Å². The first-order valence-corrected chi connectivity index (χ1v) is 8.08. The van der Waals surface area contributed by atoms with Gasteiger partial charge in [-0.3, -0.25) is 0 Å². The Bertz CT molecular complexity index is 586. The molecule has 2 aromatic rings. The van der Waals surface area contributed by atoms with Gasteiger partial charge in [0.25, 0.3) is 0 Å². The smallest absolute Gasteiger partial charge is 0.0417 e. The zero-order valence-corrected chi connectivity index (χ0v) is 14.3. The van der Waals surface area contributed by atoms with Crippen molar-refractivity contribution in [2.75, 3.05) is 0 Å². The van der Waals surface area contributed by atoms with E-state index in [0.717, 1.165) is 27.5 Å². The molecule has 0 amide bonds. The van der Waals surface area contributed by atoms with Crippen molar-refractivity contribution in [3.63, 3.8) is 0 Å². The minimum atomic E-state index is 0.288. The van der Waals surface area contributed by atoms with Gasteiger partial charge in [-0.05, 0) is 41.8 Å². The molecule has 0 aliphatic carbocycles. The Hall–Kier alpha value is -0.540. The lowest BCUT2D eigenvalue weighted by Crippen LogP contribution is -2.20.